The second-order valence-electron chi connectivity index (χ2n) is 4.27. The average molecular weight is 272 g/mol. The molecule has 19 heavy (non-hydrogen) atoms. The van der Waals surface area contributed by atoms with Crippen molar-refractivity contribution in [3.8, 4) is 0 Å². The molecule has 0 spiro atoms. The number of aryl methyl sites for hydroxylation is 2. The zero-order valence-electron chi connectivity index (χ0n) is 10.5. The molecule has 0 unspecified atom stereocenters. The molecule has 0 bridgehead atoms. The van der Waals surface area contributed by atoms with Crippen LogP contribution in [0.3, 0.4) is 0 Å². The summed E-state index contributed by atoms with van der Waals surface area (Å²) in [5, 5.41) is 7.44. The summed E-state index contributed by atoms with van der Waals surface area (Å²) >= 11 is 1.46. The average Bonchev–Trinajstić information content (AvgIpc) is 2.96. The van der Waals surface area contributed by atoms with Crippen molar-refractivity contribution in [3.05, 3.63) is 41.7 Å². The van der Waals surface area contributed by atoms with Crippen molar-refractivity contribution in [2.24, 2.45) is 7.05 Å². The highest BCUT2D eigenvalue weighted by atomic mass is 32.1. The number of hydrogen-bond acceptors (Lipinski definition) is 4. The molecule has 1 amide bonds. The number of anilines is 1. The molecule has 0 aliphatic carbocycles. The van der Waals surface area contributed by atoms with Crippen LogP contribution in [-0.4, -0.2) is 20.7 Å². The summed E-state index contributed by atoms with van der Waals surface area (Å²) in [6.45, 7) is 2.01. The maximum Gasteiger partial charge on any atom is 0.277 e. The zero-order chi connectivity index (χ0) is 13.4. The van der Waals surface area contributed by atoms with Crippen molar-refractivity contribution in [1.29, 1.82) is 0 Å². The van der Waals surface area contributed by atoms with E-state index in [1.807, 2.05) is 25.1 Å². The van der Waals surface area contributed by atoms with Gasteiger partial charge in [0, 0.05) is 13.2 Å². The van der Waals surface area contributed by atoms with Crippen LogP contribution in [0.15, 0.2) is 30.5 Å². The van der Waals surface area contributed by atoms with Crippen LogP contribution in [0.5, 0.6) is 0 Å². The van der Waals surface area contributed by atoms with Gasteiger partial charge in [0.2, 0.25) is 0 Å². The number of para-hydroxylation sites is 1. The maximum atomic E-state index is 12.0. The van der Waals surface area contributed by atoms with Gasteiger partial charge in [0.25, 0.3) is 5.91 Å². The molecule has 3 rings (SSSR count). The number of aromatic nitrogens is 3. The van der Waals surface area contributed by atoms with Crippen LogP contribution in [0.1, 0.15) is 16.1 Å². The van der Waals surface area contributed by atoms with Crippen molar-refractivity contribution in [2.75, 3.05) is 5.32 Å². The lowest BCUT2D eigenvalue weighted by Crippen LogP contribution is -2.12. The summed E-state index contributed by atoms with van der Waals surface area (Å²) in [4.78, 5) is 16.4. The van der Waals surface area contributed by atoms with E-state index in [0.717, 1.165) is 15.8 Å². The van der Waals surface area contributed by atoms with Gasteiger partial charge in [0.15, 0.2) is 10.8 Å². The van der Waals surface area contributed by atoms with Gasteiger partial charge in [-0.2, -0.15) is 5.10 Å². The molecular formula is C13H12N4OS. The van der Waals surface area contributed by atoms with Crippen LogP contribution in [0.25, 0.3) is 10.2 Å². The number of rotatable bonds is 2. The number of carbonyl (C=O) groups is 1. The summed E-state index contributed by atoms with van der Waals surface area (Å²) in [6, 6.07) is 7.66. The highest BCUT2D eigenvalue weighted by Crippen LogP contribution is 2.27. The fraction of sp³-hybridized carbons (Fsp3) is 0.154. The summed E-state index contributed by atoms with van der Waals surface area (Å²) in [5.41, 5.74) is 2.43. The standard InChI is InChI=1S/C13H12N4OS/c1-8-4-3-5-10-11(8)14-13(19-10)15-12(18)9-6-7-17(2)16-9/h3-7H,1-2H3,(H,14,15,18). The van der Waals surface area contributed by atoms with E-state index in [4.69, 9.17) is 0 Å². The Labute approximate surface area is 113 Å². The maximum absolute atomic E-state index is 12.0. The summed E-state index contributed by atoms with van der Waals surface area (Å²) < 4.78 is 2.66. The van der Waals surface area contributed by atoms with Gasteiger partial charge in [-0.05, 0) is 24.6 Å². The number of amides is 1. The summed E-state index contributed by atoms with van der Waals surface area (Å²) in [7, 11) is 1.78. The normalized spacial score (nSPS) is 10.8. The largest absolute Gasteiger partial charge is 0.296 e. The Morgan fingerprint density at radius 1 is 1.37 bits per heavy atom. The minimum absolute atomic E-state index is 0.239. The Bertz CT molecular complexity index is 759. The van der Waals surface area contributed by atoms with Gasteiger partial charge in [-0.25, -0.2) is 4.98 Å². The van der Waals surface area contributed by atoms with E-state index < -0.39 is 0 Å². The quantitative estimate of drug-likeness (QED) is 0.780. The first-order valence-corrected chi connectivity index (χ1v) is 6.62. The van der Waals surface area contributed by atoms with E-state index in [2.05, 4.69) is 15.4 Å². The van der Waals surface area contributed by atoms with Gasteiger partial charge in [-0.3, -0.25) is 14.8 Å². The molecule has 0 fully saturated rings. The van der Waals surface area contributed by atoms with E-state index in [1.165, 1.54) is 11.3 Å². The second-order valence-corrected chi connectivity index (χ2v) is 5.30. The molecule has 6 heteroatoms. The first-order valence-electron chi connectivity index (χ1n) is 5.80. The topological polar surface area (TPSA) is 59.8 Å². The third-order valence-electron chi connectivity index (χ3n) is 2.79. The fourth-order valence-electron chi connectivity index (χ4n) is 1.84. The first kappa shape index (κ1) is 11.9. The lowest BCUT2D eigenvalue weighted by atomic mass is 10.2. The van der Waals surface area contributed by atoms with E-state index in [9.17, 15) is 4.79 Å². The van der Waals surface area contributed by atoms with Crippen molar-refractivity contribution >= 4 is 32.6 Å². The minimum Gasteiger partial charge on any atom is -0.296 e. The number of nitrogens with one attached hydrogen (secondary N) is 1. The van der Waals surface area contributed by atoms with Crippen LogP contribution >= 0.6 is 11.3 Å². The Kier molecular flexibility index (Phi) is 2.79. The molecule has 2 heterocycles. The predicted molar refractivity (Wildman–Crippen MR) is 75.5 cm³/mol. The van der Waals surface area contributed by atoms with Gasteiger partial charge in [-0.1, -0.05) is 23.5 Å². The number of thiazole rings is 1. The number of nitrogens with zero attached hydrogens (tertiary/aromatic N) is 3. The van der Waals surface area contributed by atoms with E-state index in [-0.39, 0.29) is 5.91 Å². The van der Waals surface area contributed by atoms with Crippen LogP contribution in [0.4, 0.5) is 5.13 Å². The predicted octanol–water partition coefficient (Wildman–Crippen LogP) is 2.59. The molecule has 1 N–H and O–H groups in total. The molecule has 0 radical (unpaired) electrons. The number of hydrogen-bond donors (Lipinski definition) is 1. The zero-order valence-corrected chi connectivity index (χ0v) is 11.4. The van der Waals surface area contributed by atoms with E-state index in [0.29, 0.717) is 10.8 Å². The van der Waals surface area contributed by atoms with Crippen LogP contribution in [-0.2, 0) is 7.05 Å². The van der Waals surface area contributed by atoms with Gasteiger partial charge in [0.1, 0.15) is 0 Å². The third-order valence-corrected chi connectivity index (χ3v) is 3.72. The molecule has 2 aromatic heterocycles. The van der Waals surface area contributed by atoms with Crippen molar-refractivity contribution in [1.82, 2.24) is 14.8 Å². The Hall–Kier alpha value is -2.21. The summed E-state index contributed by atoms with van der Waals surface area (Å²) in [5.74, 6) is -0.239. The highest BCUT2D eigenvalue weighted by molar-refractivity contribution is 7.22. The molecule has 96 valence electrons. The molecule has 0 saturated carbocycles. The number of carbonyl (C=O) groups excluding carboxylic acids is 1. The second kappa shape index (κ2) is 4.47. The molecule has 0 saturated heterocycles. The van der Waals surface area contributed by atoms with Gasteiger partial charge in [-0.15, -0.1) is 0 Å². The Morgan fingerprint density at radius 2 is 2.21 bits per heavy atom. The van der Waals surface area contributed by atoms with Crippen LogP contribution < -0.4 is 5.32 Å². The number of fused-ring (bicyclic) bond motifs is 1. The van der Waals surface area contributed by atoms with E-state index >= 15 is 0 Å². The highest BCUT2D eigenvalue weighted by Gasteiger charge is 2.12. The van der Waals surface area contributed by atoms with E-state index in [1.54, 1.807) is 24.0 Å². The van der Waals surface area contributed by atoms with Crippen molar-refractivity contribution in [3.63, 3.8) is 0 Å². The Balaban J connectivity index is 1.89. The van der Waals surface area contributed by atoms with Gasteiger partial charge in [0.05, 0.1) is 10.2 Å². The minimum atomic E-state index is -0.239. The molecule has 0 atom stereocenters. The van der Waals surface area contributed by atoms with Crippen molar-refractivity contribution in [2.45, 2.75) is 6.92 Å². The summed E-state index contributed by atoms with van der Waals surface area (Å²) in [6.07, 6.45) is 1.73. The van der Waals surface area contributed by atoms with Gasteiger partial charge >= 0.3 is 0 Å². The smallest absolute Gasteiger partial charge is 0.277 e. The molecule has 0 aliphatic heterocycles. The Morgan fingerprint density at radius 3 is 2.89 bits per heavy atom. The first-order chi connectivity index (χ1) is 9.13. The molecule has 0 aliphatic rings. The van der Waals surface area contributed by atoms with Crippen LogP contribution in [0, 0.1) is 6.92 Å². The molecule has 5 nitrogen and oxygen atoms in total. The lowest BCUT2D eigenvalue weighted by molar-refractivity contribution is 0.102. The molecular weight excluding hydrogens is 260 g/mol. The third kappa shape index (κ3) is 2.22. The fourth-order valence-corrected chi connectivity index (χ4v) is 2.78. The van der Waals surface area contributed by atoms with Gasteiger partial charge < -0.3 is 0 Å². The SMILES string of the molecule is Cc1cccc2sc(NC(=O)c3ccn(C)n3)nc12. The monoisotopic (exact) mass is 272 g/mol. The molecule has 3 aromatic rings. The molecule has 1 aromatic carbocycles. The lowest BCUT2D eigenvalue weighted by Gasteiger charge is -1.96. The van der Waals surface area contributed by atoms with Crippen LogP contribution in [0.2, 0.25) is 0 Å². The number of benzene rings is 1. The van der Waals surface area contributed by atoms with Crippen molar-refractivity contribution < 1.29 is 4.79 Å².